The Hall–Kier alpha value is -2.55. The Kier molecular flexibility index (Phi) is 5.22. The number of rotatable bonds is 5. The fraction of sp³-hybridized carbons (Fsp3) is 0.462. The maximum Gasteiger partial charge on any atom is 0.330 e. The van der Waals surface area contributed by atoms with Gasteiger partial charge in [-0.2, -0.15) is 4.39 Å². The van der Waals surface area contributed by atoms with Crippen LogP contribution in [0.1, 0.15) is 19.1 Å². The first-order valence-corrected chi connectivity index (χ1v) is 6.62. The van der Waals surface area contributed by atoms with Crippen LogP contribution in [-0.4, -0.2) is 45.4 Å². The first kappa shape index (κ1) is 16.8. The molecule has 0 saturated carbocycles. The Labute approximate surface area is 128 Å². The number of hydrogen-bond donors (Lipinski definition) is 2. The molecular formula is C13H13FN2O7. The van der Waals surface area contributed by atoms with Gasteiger partial charge in [0.2, 0.25) is 5.82 Å². The highest BCUT2D eigenvalue weighted by Crippen LogP contribution is 2.29. The third-order valence-corrected chi connectivity index (χ3v) is 3.23. The molecule has 2 N–H and O–H groups in total. The van der Waals surface area contributed by atoms with Crippen LogP contribution in [0.3, 0.4) is 0 Å². The maximum atomic E-state index is 13.3. The highest BCUT2D eigenvalue weighted by atomic mass is 19.1. The summed E-state index contributed by atoms with van der Waals surface area (Å²) in [5.41, 5.74) is -2.06. The highest BCUT2D eigenvalue weighted by Gasteiger charge is 2.39. The molecule has 2 heterocycles. The number of aliphatic hydroxyl groups is 1. The number of aromatic nitrogens is 2. The summed E-state index contributed by atoms with van der Waals surface area (Å²) in [5.74, 6) is -0.486. The fourth-order valence-electron chi connectivity index (χ4n) is 2.18. The average Bonchev–Trinajstić information content (AvgIpc) is 2.91. The van der Waals surface area contributed by atoms with Crippen molar-refractivity contribution < 1.29 is 28.6 Å². The van der Waals surface area contributed by atoms with Gasteiger partial charge in [-0.3, -0.25) is 19.1 Å². The number of ether oxygens (including phenoxy) is 2. The van der Waals surface area contributed by atoms with Crippen LogP contribution >= 0.6 is 0 Å². The summed E-state index contributed by atoms with van der Waals surface area (Å²) in [4.78, 5) is 46.0. The average molecular weight is 328 g/mol. The molecule has 9 nitrogen and oxygen atoms in total. The minimum atomic E-state index is -1.18. The van der Waals surface area contributed by atoms with Gasteiger partial charge in [0.05, 0.1) is 19.2 Å². The molecule has 1 aliphatic rings. The van der Waals surface area contributed by atoms with Gasteiger partial charge in [-0.15, -0.1) is 0 Å². The Morgan fingerprint density at radius 1 is 1.61 bits per heavy atom. The van der Waals surface area contributed by atoms with Crippen molar-refractivity contribution in [1.82, 2.24) is 9.55 Å². The van der Waals surface area contributed by atoms with Gasteiger partial charge in [-0.05, 0) is 0 Å². The molecule has 1 aromatic rings. The van der Waals surface area contributed by atoms with E-state index < -0.39 is 48.1 Å². The summed E-state index contributed by atoms with van der Waals surface area (Å²) >= 11 is 0. The van der Waals surface area contributed by atoms with Gasteiger partial charge in [0.25, 0.3) is 5.56 Å². The van der Waals surface area contributed by atoms with E-state index in [0.717, 1.165) is 10.6 Å². The zero-order chi connectivity index (χ0) is 17.0. The quantitative estimate of drug-likeness (QED) is 0.505. The molecule has 0 unspecified atom stereocenters. The maximum absolute atomic E-state index is 13.3. The van der Waals surface area contributed by atoms with Crippen molar-refractivity contribution in [1.29, 1.82) is 0 Å². The van der Waals surface area contributed by atoms with Crippen molar-refractivity contribution in [3.8, 4) is 0 Å². The third kappa shape index (κ3) is 3.81. The van der Waals surface area contributed by atoms with Gasteiger partial charge in [0.1, 0.15) is 24.4 Å². The molecule has 0 spiro atoms. The van der Waals surface area contributed by atoms with Gasteiger partial charge >= 0.3 is 11.7 Å². The standard InChI is InChI=1S/C13H13FN2O7/c14-7-5-16(13(21)15-12(7)20)10-4-8(9(6-18)22-10)23-11(19)2-1-3-17/h1,5,8-10,18H,2,4,6H2,(H,15,20,21)/t8-,9+,10+/m0/s1. The summed E-state index contributed by atoms with van der Waals surface area (Å²) in [6.07, 6.45) is -1.55. The monoisotopic (exact) mass is 328 g/mol. The molecule has 124 valence electrons. The second-order valence-electron chi connectivity index (χ2n) is 4.75. The van der Waals surface area contributed by atoms with Crippen molar-refractivity contribution in [2.75, 3.05) is 6.61 Å². The number of carbonyl (C=O) groups is 1. The second-order valence-corrected chi connectivity index (χ2v) is 4.75. The molecule has 23 heavy (non-hydrogen) atoms. The van der Waals surface area contributed by atoms with E-state index in [2.05, 4.69) is 0 Å². The van der Waals surface area contributed by atoms with E-state index in [-0.39, 0.29) is 12.8 Å². The molecule has 0 amide bonds. The normalized spacial score (nSPS) is 23.3. The van der Waals surface area contributed by atoms with Gasteiger partial charge in [-0.1, -0.05) is 0 Å². The Morgan fingerprint density at radius 3 is 3.00 bits per heavy atom. The van der Waals surface area contributed by atoms with E-state index in [0.29, 0.717) is 6.20 Å². The number of esters is 1. The lowest BCUT2D eigenvalue weighted by atomic mass is 10.2. The van der Waals surface area contributed by atoms with Crippen LogP contribution in [0.4, 0.5) is 4.39 Å². The predicted molar refractivity (Wildman–Crippen MR) is 71.7 cm³/mol. The number of nitrogens with one attached hydrogen (secondary N) is 1. The molecule has 10 heteroatoms. The first-order chi connectivity index (χ1) is 11.0. The largest absolute Gasteiger partial charge is 0.459 e. The summed E-state index contributed by atoms with van der Waals surface area (Å²) in [6, 6.07) is 0. The molecule has 0 aromatic carbocycles. The van der Waals surface area contributed by atoms with E-state index >= 15 is 0 Å². The van der Waals surface area contributed by atoms with Crippen LogP contribution < -0.4 is 11.2 Å². The van der Waals surface area contributed by atoms with Crippen molar-refractivity contribution in [2.24, 2.45) is 0 Å². The molecule has 0 radical (unpaired) electrons. The minimum absolute atomic E-state index is 0.0346. The van der Waals surface area contributed by atoms with Crippen molar-refractivity contribution in [3.05, 3.63) is 38.9 Å². The number of nitrogens with zero attached hydrogens (tertiary/aromatic N) is 1. The molecule has 0 aliphatic carbocycles. The zero-order valence-electron chi connectivity index (χ0n) is 11.7. The first-order valence-electron chi connectivity index (χ1n) is 6.62. The van der Waals surface area contributed by atoms with Crippen LogP contribution in [0.2, 0.25) is 0 Å². The Bertz CT molecular complexity index is 749. The SMILES string of the molecule is O=C=CCC(=O)O[C@H]1C[C@H](n2cc(F)c(=O)[nH]c2=O)O[C@@H]1CO. The molecule has 1 aliphatic heterocycles. The fourth-order valence-corrected chi connectivity index (χ4v) is 2.18. The molecule has 2 rings (SSSR count). The highest BCUT2D eigenvalue weighted by molar-refractivity contribution is 5.73. The lowest BCUT2D eigenvalue weighted by Gasteiger charge is -2.15. The van der Waals surface area contributed by atoms with E-state index in [9.17, 15) is 28.7 Å². The predicted octanol–water partition coefficient (Wildman–Crippen LogP) is -1.35. The minimum Gasteiger partial charge on any atom is -0.459 e. The summed E-state index contributed by atoms with van der Waals surface area (Å²) in [6.45, 7) is -0.501. The third-order valence-electron chi connectivity index (χ3n) is 3.23. The smallest absolute Gasteiger partial charge is 0.330 e. The van der Waals surface area contributed by atoms with Crippen LogP contribution in [-0.2, 0) is 19.1 Å². The number of aliphatic hydroxyl groups excluding tert-OH is 1. The summed E-state index contributed by atoms with van der Waals surface area (Å²) < 4.78 is 24.5. The van der Waals surface area contributed by atoms with Gasteiger partial charge in [0, 0.05) is 12.5 Å². The Morgan fingerprint density at radius 2 is 2.35 bits per heavy atom. The van der Waals surface area contributed by atoms with E-state index in [1.165, 1.54) is 5.94 Å². The number of carbonyl (C=O) groups excluding carboxylic acids is 2. The summed E-state index contributed by atoms with van der Waals surface area (Å²) in [5, 5.41) is 9.25. The molecule has 3 atom stereocenters. The van der Waals surface area contributed by atoms with Crippen LogP contribution in [0.25, 0.3) is 0 Å². The van der Waals surface area contributed by atoms with Crippen LogP contribution in [0.15, 0.2) is 21.9 Å². The molecule has 1 aromatic heterocycles. The Balaban J connectivity index is 2.17. The lowest BCUT2D eigenvalue weighted by molar-refractivity contribution is -0.152. The molecule has 1 saturated heterocycles. The van der Waals surface area contributed by atoms with Crippen LogP contribution in [0, 0.1) is 5.82 Å². The number of aromatic amines is 1. The summed E-state index contributed by atoms with van der Waals surface area (Å²) in [7, 11) is 0. The second kappa shape index (κ2) is 7.14. The van der Waals surface area contributed by atoms with Crippen molar-refractivity contribution in [2.45, 2.75) is 31.3 Å². The van der Waals surface area contributed by atoms with E-state index in [1.54, 1.807) is 4.98 Å². The van der Waals surface area contributed by atoms with Gasteiger partial charge in [-0.25, -0.2) is 9.59 Å². The van der Waals surface area contributed by atoms with Gasteiger partial charge < -0.3 is 14.6 Å². The number of hydrogen-bond acceptors (Lipinski definition) is 7. The molecular weight excluding hydrogens is 315 g/mol. The van der Waals surface area contributed by atoms with Crippen LogP contribution in [0.5, 0.6) is 0 Å². The molecule has 1 fully saturated rings. The number of H-pyrrole nitrogens is 1. The van der Waals surface area contributed by atoms with Crippen molar-refractivity contribution >= 4 is 11.9 Å². The van der Waals surface area contributed by atoms with E-state index in [4.69, 9.17) is 9.47 Å². The molecule has 0 bridgehead atoms. The van der Waals surface area contributed by atoms with Crippen molar-refractivity contribution in [3.63, 3.8) is 0 Å². The van der Waals surface area contributed by atoms with E-state index in [1.807, 2.05) is 0 Å². The number of halogens is 1. The topological polar surface area (TPSA) is 128 Å². The lowest BCUT2D eigenvalue weighted by Crippen LogP contribution is -2.34. The van der Waals surface area contributed by atoms with Gasteiger partial charge in [0.15, 0.2) is 0 Å². The zero-order valence-corrected chi connectivity index (χ0v) is 11.7.